The first-order valence-electron chi connectivity index (χ1n) is 10.4. The monoisotopic (exact) mass is 513 g/mol. The summed E-state index contributed by atoms with van der Waals surface area (Å²) in [6.07, 6.45) is 5.28. The van der Waals surface area contributed by atoms with Gasteiger partial charge in [-0.25, -0.2) is 14.4 Å². The number of hydrogen-bond acceptors (Lipinski definition) is 4. The Balaban J connectivity index is 1.38. The summed E-state index contributed by atoms with van der Waals surface area (Å²) >= 11 is -1.09. The Bertz CT molecular complexity index is 1130. The van der Waals surface area contributed by atoms with Gasteiger partial charge in [0.05, 0.1) is 6.57 Å². The Hall–Kier alpha value is -2.27. The van der Waals surface area contributed by atoms with Gasteiger partial charge in [0, 0.05) is 15.4 Å². The van der Waals surface area contributed by atoms with Crippen LogP contribution in [-0.4, -0.2) is 21.2 Å². The van der Waals surface area contributed by atoms with Gasteiger partial charge in [-0.15, -0.1) is 0 Å². The van der Waals surface area contributed by atoms with Gasteiger partial charge in [-0.1, -0.05) is 57.1 Å². The molecule has 1 heterocycles. The summed E-state index contributed by atoms with van der Waals surface area (Å²) in [4.78, 5) is 29.8. The minimum atomic E-state index is -1.09. The Morgan fingerprint density at radius 3 is 2.07 bits per heavy atom. The van der Waals surface area contributed by atoms with E-state index in [2.05, 4.69) is 4.85 Å². The third-order valence-electron chi connectivity index (χ3n) is 7.30. The average Bonchev–Trinajstić information content (AvgIpc) is 2.74. The molecule has 152 valence electrons. The molecule has 0 aromatic heterocycles. The van der Waals surface area contributed by atoms with Crippen molar-refractivity contribution in [2.45, 2.75) is 37.9 Å². The topological polar surface area (TPSA) is 57.0 Å². The molecule has 0 atom stereocenters. The van der Waals surface area contributed by atoms with Crippen LogP contribution in [0.4, 0.5) is 5.69 Å². The van der Waals surface area contributed by atoms with Gasteiger partial charge in [-0.05, 0) is 54.7 Å². The van der Waals surface area contributed by atoms with Gasteiger partial charge >= 0.3 is 11.9 Å². The van der Waals surface area contributed by atoms with Crippen molar-refractivity contribution in [2.24, 2.45) is 23.7 Å². The van der Waals surface area contributed by atoms with E-state index in [4.69, 9.17) is 16.0 Å². The van der Waals surface area contributed by atoms with Crippen molar-refractivity contribution in [3.8, 4) is 0 Å². The minimum Gasteiger partial charge on any atom is -0.418 e. The highest BCUT2D eigenvalue weighted by molar-refractivity contribution is 14.2. The second-order valence-corrected chi connectivity index (χ2v) is 11.7. The average molecular weight is 513 g/mol. The Labute approximate surface area is 184 Å². The SMILES string of the molecule is [C-]#[N+]c1ccc(I=C2C(=O)OC3(OC2=O)C2CC4CC(C2)CC3C4)c2ccccc12. The molecular weight excluding hydrogens is 493 g/mol. The van der Waals surface area contributed by atoms with Crippen LogP contribution in [0.5, 0.6) is 0 Å². The molecule has 2 aromatic rings. The zero-order valence-corrected chi connectivity index (χ0v) is 18.4. The van der Waals surface area contributed by atoms with E-state index in [1.54, 1.807) is 6.07 Å². The second-order valence-electron chi connectivity index (χ2n) is 8.94. The highest BCUT2D eigenvalue weighted by atomic mass is 127. The molecule has 0 amide bonds. The molecule has 1 spiro atoms. The summed E-state index contributed by atoms with van der Waals surface area (Å²) in [6.45, 7) is 7.38. The Morgan fingerprint density at radius 2 is 1.47 bits per heavy atom. The van der Waals surface area contributed by atoms with Gasteiger partial charge in [0.15, 0.2) is 9.20 Å². The molecule has 0 unspecified atom stereocenters. The molecule has 0 radical (unpaired) electrons. The van der Waals surface area contributed by atoms with E-state index in [1.165, 1.54) is 6.42 Å². The summed E-state index contributed by atoms with van der Waals surface area (Å²) in [7, 11) is 0. The number of carbonyl (C=O) groups excluding carboxylic acids is 2. The number of nitrogens with zero attached hydrogens (tertiary/aromatic N) is 1. The summed E-state index contributed by atoms with van der Waals surface area (Å²) < 4.78 is 13.1. The van der Waals surface area contributed by atoms with Crippen molar-refractivity contribution in [3.05, 3.63) is 51.4 Å². The van der Waals surface area contributed by atoms with Crippen molar-refractivity contribution >= 4 is 52.6 Å². The van der Waals surface area contributed by atoms with Gasteiger partial charge in [-0.2, -0.15) is 0 Å². The van der Waals surface area contributed by atoms with Crippen molar-refractivity contribution < 1.29 is 19.1 Å². The fourth-order valence-electron chi connectivity index (χ4n) is 6.26. The molecule has 1 saturated heterocycles. The summed E-state index contributed by atoms with van der Waals surface area (Å²) in [5.74, 6) is -0.290. The largest absolute Gasteiger partial charge is 0.418 e. The summed E-state index contributed by atoms with van der Waals surface area (Å²) in [6, 6.07) is 11.3. The number of halogens is 1. The molecule has 4 aliphatic carbocycles. The normalized spacial score (nSPS) is 34.2. The van der Waals surface area contributed by atoms with Gasteiger partial charge in [0.25, 0.3) is 5.79 Å². The maximum atomic E-state index is 13.1. The molecule has 6 heteroatoms. The molecule has 5 nitrogen and oxygen atoms in total. The molecule has 5 aliphatic rings. The van der Waals surface area contributed by atoms with E-state index in [-0.39, 0.29) is 15.3 Å². The lowest BCUT2D eigenvalue weighted by Gasteiger charge is -2.59. The van der Waals surface area contributed by atoms with Crippen molar-refractivity contribution in [3.63, 3.8) is 0 Å². The zero-order valence-electron chi connectivity index (χ0n) is 16.3. The predicted octanol–water partition coefficient (Wildman–Crippen LogP) is 4.96. The molecule has 0 N–H and O–H groups in total. The molecular formula is C24H20INO4. The number of ether oxygens (including phenoxy) is 2. The van der Waals surface area contributed by atoms with Gasteiger partial charge in [-0.3, -0.25) is 0 Å². The molecule has 1 aliphatic heterocycles. The van der Waals surface area contributed by atoms with Crippen molar-refractivity contribution in [2.75, 3.05) is 0 Å². The highest BCUT2D eigenvalue weighted by Gasteiger charge is 2.64. The van der Waals surface area contributed by atoms with E-state index in [1.807, 2.05) is 30.3 Å². The van der Waals surface area contributed by atoms with Crippen molar-refractivity contribution in [1.29, 1.82) is 0 Å². The fourth-order valence-corrected chi connectivity index (χ4v) is 8.63. The van der Waals surface area contributed by atoms with Crippen LogP contribution in [-0.2, 0) is 19.1 Å². The molecule has 2 aromatic carbocycles. The van der Waals surface area contributed by atoms with Crippen LogP contribution in [0.1, 0.15) is 32.1 Å². The first kappa shape index (κ1) is 18.5. The number of esters is 2. The lowest BCUT2D eigenvalue weighted by Crippen LogP contribution is -2.65. The van der Waals surface area contributed by atoms with E-state index in [0.717, 1.165) is 40.0 Å². The van der Waals surface area contributed by atoms with E-state index in [9.17, 15) is 9.59 Å². The fraction of sp³-hybridized carbons (Fsp3) is 0.417. The third-order valence-corrected chi connectivity index (χ3v) is 10.2. The van der Waals surface area contributed by atoms with Gasteiger partial charge < -0.3 is 9.47 Å². The highest BCUT2D eigenvalue weighted by Crippen LogP contribution is 2.60. The quantitative estimate of drug-likeness (QED) is 0.308. The Kier molecular flexibility index (Phi) is 4.08. The van der Waals surface area contributed by atoms with Gasteiger partial charge in [0.1, 0.15) is 0 Å². The molecule has 5 fully saturated rings. The summed E-state index contributed by atoms with van der Waals surface area (Å²) in [5, 5.41) is 1.77. The van der Waals surface area contributed by atoms with Crippen LogP contribution in [0.25, 0.3) is 15.6 Å². The van der Waals surface area contributed by atoms with Crippen LogP contribution < -0.4 is 0 Å². The number of rotatable bonds is 1. The number of hydrogen-bond donors (Lipinski definition) is 0. The molecule has 7 rings (SSSR count). The number of fused-ring (bicyclic) bond motifs is 1. The maximum absolute atomic E-state index is 13.1. The lowest BCUT2D eigenvalue weighted by atomic mass is 9.53. The second kappa shape index (κ2) is 6.61. The number of benzene rings is 2. The first-order valence-corrected chi connectivity index (χ1v) is 12.6. The van der Waals surface area contributed by atoms with E-state index < -0.39 is 38.5 Å². The zero-order chi connectivity index (χ0) is 20.5. The number of carbonyl (C=O) groups is 2. The van der Waals surface area contributed by atoms with Crippen molar-refractivity contribution in [1.82, 2.24) is 0 Å². The van der Waals surface area contributed by atoms with E-state index in [0.29, 0.717) is 17.5 Å². The van der Waals surface area contributed by atoms with Gasteiger partial charge in [0.2, 0.25) is 0 Å². The van der Waals surface area contributed by atoms with Crippen LogP contribution in [0, 0.1) is 33.8 Å². The van der Waals surface area contributed by atoms with E-state index >= 15 is 0 Å². The molecule has 30 heavy (non-hydrogen) atoms. The third kappa shape index (κ3) is 2.60. The van der Waals surface area contributed by atoms with Crippen LogP contribution >= 0.6 is 20.7 Å². The minimum absolute atomic E-state index is 0.153. The van der Waals surface area contributed by atoms with Crippen LogP contribution in [0.2, 0.25) is 0 Å². The smallest absolute Gasteiger partial charge is 0.354 e. The lowest BCUT2D eigenvalue weighted by molar-refractivity contribution is -0.308. The Morgan fingerprint density at radius 1 is 0.867 bits per heavy atom. The van der Waals surface area contributed by atoms with Crippen LogP contribution in [0.3, 0.4) is 0 Å². The maximum Gasteiger partial charge on any atom is 0.354 e. The molecule has 4 bridgehead atoms. The standard InChI is InChI=1S/C24H20INO4/c1-26-20-7-6-19(17-4-2-3-5-18(17)20)25-21-22(27)29-24(30-23(21)28)15-9-13-8-14(11-15)12-16(24)10-13/h2-7,13-16H,8-12H2. The van der Waals surface area contributed by atoms with Crippen LogP contribution in [0.15, 0.2) is 36.4 Å². The molecule has 4 saturated carbocycles. The summed E-state index contributed by atoms with van der Waals surface area (Å²) in [5.41, 5.74) is 0.574. The predicted molar refractivity (Wildman–Crippen MR) is 120 cm³/mol. The first-order chi connectivity index (χ1) is 14.6.